The minimum atomic E-state index is -3.13. The van der Waals surface area contributed by atoms with Crippen LogP contribution in [0.4, 0.5) is 0 Å². The molecule has 2 N–H and O–H groups in total. The summed E-state index contributed by atoms with van der Waals surface area (Å²) in [4.78, 5) is 14.3. The zero-order valence-corrected chi connectivity index (χ0v) is 8.59. The standard InChI is InChI=1S/C9H10O.H3O3P/c1-2-8-10-9-6-4-3-5-7-9;1-4(2)3/h2-7H,1,8H2;4H,(H2,1,2,3). The van der Waals surface area contributed by atoms with Crippen LogP contribution in [-0.2, 0) is 4.57 Å². The van der Waals surface area contributed by atoms with Crippen LogP contribution in [0.15, 0.2) is 43.0 Å². The van der Waals surface area contributed by atoms with Gasteiger partial charge < -0.3 is 14.5 Å². The summed E-state index contributed by atoms with van der Waals surface area (Å²) >= 11 is 0. The topological polar surface area (TPSA) is 66.8 Å². The summed E-state index contributed by atoms with van der Waals surface area (Å²) in [6.45, 7) is 4.12. The molecule has 0 amide bonds. The first-order valence-electron chi connectivity index (χ1n) is 3.87. The predicted molar refractivity (Wildman–Crippen MR) is 55.6 cm³/mol. The quantitative estimate of drug-likeness (QED) is 0.595. The summed E-state index contributed by atoms with van der Waals surface area (Å²) in [6.07, 6.45) is 1.73. The molecular formula is C9H13O4P. The van der Waals surface area contributed by atoms with Crippen LogP contribution in [0.3, 0.4) is 0 Å². The van der Waals surface area contributed by atoms with Crippen LogP contribution in [0.5, 0.6) is 5.75 Å². The fraction of sp³-hybridized carbons (Fsp3) is 0.111. The first kappa shape index (κ1) is 12.9. The number of hydrogen-bond acceptors (Lipinski definition) is 2. The van der Waals surface area contributed by atoms with Gasteiger partial charge in [0.15, 0.2) is 0 Å². The Balaban J connectivity index is 0.000000364. The van der Waals surface area contributed by atoms with Gasteiger partial charge in [-0.05, 0) is 12.1 Å². The maximum Gasteiger partial charge on any atom is 0.314 e. The van der Waals surface area contributed by atoms with Gasteiger partial charge in [-0.15, -0.1) is 0 Å². The zero-order valence-electron chi connectivity index (χ0n) is 7.59. The van der Waals surface area contributed by atoms with E-state index in [1.165, 1.54) is 0 Å². The Morgan fingerprint density at radius 1 is 1.36 bits per heavy atom. The Labute approximate surface area is 83.4 Å². The van der Waals surface area contributed by atoms with Crippen molar-refractivity contribution in [1.29, 1.82) is 0 Å². The summed E-state index contributed by atoms with van der Waals surface area (Å²) in [5.41, 5.74) is 0. The number of ether oxygens (including phenoxy) is 1. The predicted octanol–water partition coefficient (Wildman–Crippen LogP) is 1.61. The normalized spacial score (nSPS) is 8.79. The molecule has 14 heavy (non-hydrogen) atoms. The first-order chi connectivity index (χ1) is 6.66. The van der Waals surface area contributed by atoms with Gasteiger partial charge in [-0.3, -0.25) is 4.57 Å². The van der Waals surface area contributed by atoms with Gasteiger partial charge in [0.1, 0.15) is 12.4 Å². The van der Waals surface area contributed by atoms with E-state index in [-0.39, 0.29) is 0 Å². The highest BCUT2D eigenvalue weighted by Gasteiger charge is 1.84. The summed E-state index contributed by atoms with van der Waals surface area (Å²) < 4.78 is 14.0. The third-order valence-corrected chi connectivity index (χ3v) is 1.11. The molecule has 4 nitrogen and oxygen atoms in total. The molecule has 0 unspecified atom stereocenters. The molecule has 0 saturated heterocycles. The molecule has 0 aliphatic rings. The number of para-hydroxylation sites is 1. The van der Waals surface area contributed by atoms with Crippen molar-refractivity contribution in [2.24, 2.45) is 0 Å². The summed E-state index contributed by atoms with van der Waals surface area (Å²) in [5, 5.41) is 0. The second kappa shape index (κ2) is 8.51. The van der Waals surface area contributed by atoms with E-state index in [0.29, 0.717) is 6.61 Å². The van der Waals surface area contributed by atoms with Crippen LogP contribution in [0, 0.1) is 0 Å². The third kappa shape index (κ3) is 9.00. The Bertz CT molecular complexity index is 269. The van der Waals surface area contributed by atoms with E-state index in [9.17, 15) is 0 Å². The Morgan fingerprint density at radius 2 is 1.86 bits per heavy atom. The Kier molecular flexibility index (Phi) is 7.84. The third-order valence-electron chi connectivity index (χ3n) is 1.11. The van der Waals surface area contributed by atoms with Crippen molar-refractivity contribution in [3.05, 3.63) is 43.0 Å². The lowest BCUT2D eigenvalue weighted by Gasteiger charge is -1.99. The summed E-state index contributed by atoms with van der Waals surface area (Å²) in [7, 11) is -3.13. The molecule has 1 aromatic rings. The van der Waals surface area contributed by atoms with Crippen molar-refractivity contribution in [3.63, 3.8) is 0 Å². The van der Waals surface area contributed by atoms with Crippen LogP contribution in [0.1, 0.15) is 0 Å². The Morgan fingerprint density at radius 3 is 2.29 bits per heavy atom. The lowest BCUT2D eigenvalue weighted by molar-refractivity contribution is 0.363. The fourth-order valence-electron chi connectivity index (χ4n) is 0.672. The van der Waals surface area contributed by atoms with E-state index in [2.05, 4.69) is 6.58 Å². The van der Waals surface area contributed by atoms with Gasteiger partial charge in [-0.2, -0.15) is 0 Å². The average Bonchev–Trinajstić information content (AvgIpc) is 2.15. The number of rotatable bonds is 3. The lowest BCUT2D eigenvalue weighted by Crippen LogP contribution is -1.91. The first-order valence-corrected chi connectivity index (χ1v) is 5.17. The van der Waals surface area contributed by atoms with E-state index in [1.807, 2.05) is 30.3 Å². The molecule has 0 fully saturated rings. The van der Waals surface area contributed by atoms with E-state index in [4.69, 9.17) is 19.1 Å². The van der Waals surface area contributed by atoms with Crippen LogP contribution in [-0.4, -0.2) is 16.4 Å². The summed E-state index contributed by atoms with van der Waals surface area (Å²) in [6, 6.07) is 9.69. The van der Waals surface area contributed by atoms with Gasteiger partial charge in [0.2, 0.25) is 0 Å². The average molecular weight is 216 g/mol. The highest BCUT2D eigenvalue weighted by Crippen LogP contribution is 2.07. The van der Waals surface area contributed by atoms with Crippen molar-refractivity contribution in [2.45, 2.75) is 0 Å². The molecule has 0 aromatic heterocycles. The largest absolute Gasteiger partial charge is 0.490 e. The van der Waals surface area contributed by atoms with Crippen LogP contribution >= 0.6 is 8.25 Å². The van der Waals surface area contributed by atoms with Crippen molar-refractivity contribution in [2.75, 3.05) is 6.61 Å². The van der Waals surface area contributed by atoms with Crippen LogP contribution in [0.25, 0.3) is 0 Å². The molecule has 0 saturated carbocycles. The van der Waals surface area contributed by atoms with E-state index in [1.54, 1.807) is 6.08 Å². The lowest BCUT2D eigenvalue weighted by atomic mass is 10.3. The van der Waals surface area contributed by atoms with Crippen LogP contribution in [0.2, 0.25) is 0 Å². The second-order valence-electron chi connectivity index (χ2n) is 2.20. The molecule has 5 heteroatoms. The SMILES string of the molecule is C=CCOc1ccccc1.O=[PH](O)O. The smallest absolute Gasteiger partial charge is 0.314 e. The molecule has 0 radical (unpaired) electrons. The van der Waals surface area contributed by atoms with Crippen LogP contribution < -0.4 is 4.74 Å². The minimum Gasteiger partial charge on any atom is -0.490 e. The molecular weight excluding hydrogens is 203 g/mol. The molecule has 0 aliphatic carbocycles. The highest BCUT2D eigenvalue weighted by atomic mass is 31.1. The van der Waals surface area contributed by atoms with Gasteiger partial charge in [-0.25, -0.2) is 0 Å². The molecule has 1 rings (SSSR count). The molecule has 0 bridgehead atoms. The van der Waals surface area contributed by atoms with Gasteiger partial charge in [0.05, 0.1) is 0 Å². The molecule has 0 aliphatic heterocycles. The number of benzene rings is 1. The van der Waals surface area contributed by atoms with Gasteiger partial charge in [0, 0.05) is 0 Å². The van der Waals surface area contributed by atoms with E-state index in [0.717, 1.165) is 5.75 Å². The minimum absolute atomic E-state index is 0.573. The summed E-state index contributed by atoms with van der Waals surface area (Å²) in [5.74, 6) is 0.891. The van der Waals surface area contributed by atoms with E-state index < -0.39 is 8.25 Å². The molecule has 0 atom stereocenters. The number of hydrogen-bond donors (Lipinski definition) is 2. The van der Waals surface area contributed by atoms with Crippen molar-refractivity contribution < 1.29 is 19.1 Å². The van der Waals surface area contributed by atoms with Crippen molar-refractivity contribution in [1.82, 2.24) is 0 Å². The van der Waals surface area contributed by atoms with Gasteiger partial charge in [-0.1, -0.05) is 30.9 Å². The fourth-order valence-corrected chi connectivity index (χ4v) is 0.672. The molecule has 1 aromatic carbocycles. The van der Waals surface area contributed by atoms with Gasteiger partial charge >= 0.3 is 8.25 Å². The molecule has 0 spiro atoms. The zero-order chi connectivity index (χ0) is 10.8. The monoisotopic (exact) mass is 216 g/mol. The molecule has 0 heterocycles. The van der Waals surface area contributed by atoms with E-state index >= 15 is 0 Å². The Hall–Kier alpha value is -1.09. The maximum absolute atomic E-state index is 8.74. The maximum atomic E-state index is 8.74. The highest BCUT2D eigenvalue weighted by molar-refractivity contribution is 7.30. The molecule has 78 valence electrons. The second-order valence-corrected chi connectivity index (χ2v) is 2.76. The van der Waals surface area contributed by atoms with Crippen molar-refractivity contribution >= 4 is 8.25 Å². The van der Waals surface area contributed by atoms with Gasteiger partial charge in [0.25, 0.3) is 0 Å². The van der Waals surface area contributed by atoms with Crippen molar-refractivity contribution in [3.8, 4) is 5.75 Å².